The van der Waals surface area contributed by atoms with Crippen LogP contribution in [-0.2, 0) is 11.4 Å². The van der Waals surface area contributed by atoms with Gasteiger partial charge in [-0.15, -0.1) is 11.8 Å². The molecule has 2 aromatic carbocycles. The summed E-state index contributed by atoms with van der Waals surface area (Å²) < 4.78 is 11.6. The van der Waals surface area contributed by atoms with Crippen molar-refractivity contribution in [3.63, 3.8) is 0 Å². The third kappa shape index (κ3) is 4.24. The van der Waals surface area contributed by atoms with E-state index >= 15 is 0 Å². The predicted octanol–water partition coefficient (Wildman–Crippen LogP) is 5.41. The molecule has 7 heteroatoms. The highest BCUT2D eigenvalue weighted by molar-refractivity contribution is 8.04. The maximum Gasteiger partial charge on any atom is 0.231 e. The van der Waals surface area contributed by atoms with Gasteiger partial charge in [0.25, 0.3) is 0 Å². The molecule has 2 N–H and O–H groups in total. The molecule has 2 aromatic rings. The number of amides is 1. The fraction of sp³-hybridized carbons (Fsp3) is 0.400. The first-order valence-corrected chi connectivity index (χ1v) is 12.3. The lowest BCUT2D eigenvalue weighted by Gasteiger charge is -2.35. The average Bonchev–Trinajstić information content (AvgIpc) is 3.16. The maximum atomic E-state index is 13.0. The molecular formula is C25H27ClN2O3S. The molecule has 0 aromatic heterocycles. The third-order valence-corrected chi connectivity index (χ3v) is 8.10. The van der Waals surface area contributed by atoms with Gasteiger partial charge in [-0.1, -0.05) is 36.7 Å². The zero-order valence-electron chi connectivity index (χ0n) is 18.2. The van der Waals surface area contributed by atoms with Crippen molar-refractivity contribution in [2.45, 2.75) is 44.3 Å². The quantitative estimate of drug-likeness (QED) is 0.612. The van der Waals surface area contributed by atoms with Gasteiger partial charge in [-0.25, -0.2) is 0 Å². The summed E-state index contributed by atoms with van der Waals surface area (Å²) in [5.41, 5.74) is 3.33. The lowest BCUT2D eigenvalue weighted by molar-refractivity contribution is -0.127. The second-order valence-electron chi connectivity index (χ2n) is 8.75. The van der Waals surface area contributed by atoms with Crippen molar-refractivity contribution in [2.75, 3.05) is 7.11 Å². The van der Waals surface area contributed by atoms with Crippen LogP contribution in [0.3, 0.4) is 0 Å². The summed E-state index contributed by atoms with van der Waals surface area (Å²) in [5.74, 6) is 2.06. The first-order chi connectivity index (χ1) is 15.5. The minimum Gasteiger partial charge on any atom is -0.493 e. The standard InChI is InChI=1S/C25H27ClN2O3S/c1-14-3-9-18-21(11-14)32-25-22(18)24(29)27-23(28-25)16-6-10-19(20(12-16)30-2)31-13-15-4-7-17(26)8-5-15/h4-8,10,12,14,22-23,25,28H,3,9,11,13H2,1-2H3,(H,27,29). The van der Waals surface area contributed by atoms with E-state index in [1.165, 1.54) is 16.9 Å². The van der Waals surface area contributed by atoms with Gasteiger partial charge in [0.1, 0.15) is 12.8 Å². The van der Waals surface area contributed by atoms with E-state index in [4.69, 9.17) is 21.1 Å². The summed E-state index contributed by atoms with van der Waals surface area (Å²) in [4.78, 5) is 14.5. The van der Waals surface area contributed by atoms with E-state index in [0.29, 0.717) is 29.0 Å². The van der Waals surface area contributed by atoms with Crippen molar-refractivity contribution < 1.29 is 14.3 Å². The topological polar surface area (TPSA) is 59.6 Å². The highest BCUT2D eigenvalue weighted by Crippen LogP contribution is 2.51. The number of thioether (sulfide) groups is 1. The first kappa shape index (κ1) is 21.7. The Hall–Kier alpha value is -2.15. The summed E-state index contributed by atoms with van der Waals surface area (Å²) in [5, 5.41) is 7.62. The second-order valence-corrected chi connectivity index (χ2v) is 10.4. The molecule has 0 spiro atoms. The Morgan fingerprint density at radius 3 is 2.75 bits per heavy atom. The van der Waals surface area contributed by atoms with Gasteiger partial charge in [-0.3, -0.25) is 10.1 Å². The van der Waals surface area contributed by atoms with Crippen LogP contribution in [0.1, 0.15) is 43.5 Å². The molecule has 1 amide bonds. The molecule has 4 unspecified atom stereocenters. The minimum atomic E-state index is -0.255. The molecule has 0 saturated carbocycles. The number of ether oxygens (including phenoxy) is 2. The van der Waals surface area contributed by atoms with Crippen LogP contribution in [0.4, 0.5) is 0 Å². The van der Waals surface area contributed by atoms with E-state index in [1.807, 2.05) is 54.2 Å². The molecule has 1 aliphatic carbocycles. The minimum absolute atomic E-state index is 0.0531. The van der Waals surface area contributed by atoms with E-state index in [0.717, 1.165) is 24.0 Å². The van der Waals surface area contributed by atoms with E-state index in [1.54, 1.807) is 7.11 Å². The van der Waals surface area contributed by atoms with Crippen LogP contribution in [0.2, 0.25) is 5.02 Å². The normalized spacial score (nSPS) is 26.9. The van der Waals surface area contributed by atoms with Crippen molar-refractivity contribution in [1.82, 2.24) is 10.6 Å². The lowest BCUT2D eigenvalue weighted by Crippen LogP contribution is -2.54. The summed E-state index contributed by atoms with van der Waals surface area (Å²) in [6, 6.07) is 13.4. The Bertz CT molecular complexity index is 1060. The molecule has 2 aliphatic heterocycles. The molecule has 168 valence electrons. The molecule has 4 atom stereocenters. The molecule has 1 fully saturated rings. The fourth-order valence-corrected chi connectivity index (χ4v) is 6.54. The lowest BCUT2D eigenvalue weighted by atomic mass is 9.83. The van der Waals surface area contributed by atoms with Crippen LogP contribution in [0.15, 0.2) is 52.9 Å². The number of carbonyl (C=O) groups excluding carboxylic acids is 1. The van der Waals surface area contributed by atoms with E-state index < -0.39 is 0 Å². The van der Waals surface area contributed by atoms with Crippen molar-refractivity contribution >= 4 is 29.3 Å². The van der Waals surface area contributed by atoms with Gasteiger partial charge in [0, 0.05) is 5.02 Å². The number of halogens is 1. The van der Waals surface area contributed by atoms with Gasteiger partial charge in [0.2, 0.25) is 5.91 Å². The largest absolute Gasteiger partial charge is 0.493 e. The summed E-state index contributed by atoms with van der Waals surface area (Å²) >= 11 is 7.80. The molecule has 1 saturated heterocycles. The van der Waals surface area contributed by atoms with E-state index in [9.17, 15) is 4.79 Å². The molecule has 0 bridgehead atoms. The Labute approximate surface area is 197 Å². The molecule has 3 aliphatic rings. The van der Waals surface area contributed by atoms with Crippen molar-refractivity contribution in [1.29, 1.82) is 0 Å². The number of rotatable bonds is 5. The number of allylic oxidation sites excluding steroid dienone is 1. The number of carbonyl (C=O) groups is 1. The van der Waals surface area contributed by atoms with Gasteiger partial charge >= 0.3 is 0 Å². The SMILES string of the molecule is COc1cc(C2NC(=O)C3C4=C(CC(C)CC4)SC3N2)ccc1OCc1ccc(Cl)cc1. The second kappa shape index (κ2) is 9.00. The number of hydrogen-bond donors (Lipinski definition) is 2. The Morgan fingerprint density at radius 1 is 1.16 bits per heavy atom. The van der Waals surface area contributed by atoms with Crippen molar-refractivity contribution in [3.8, 4) is 11.5 Å². The monoisotopic (exact) mass is 470 g/mol. The summed E-state index contributed by atoms with van der Waals surface area (Å²) in [7, 11) is 1.63. The van der Waals surface area contributed by atoms with Crippen molar-refractivity contribution in [2.24, 2.45) is 11.8 Å². The van der Waals surface area contributed by atoms with Gasteiger partial charge in [0.05, 0.1) is 18.4 Å². The van der Waals surface area contributed by atoms with Gasteiger partial charge < -0.3 is 14.8 Å². The Balaban J connectivity index is 1.29. The predicted molar refractivity (Wildman–Crippen MR) is 128 cm³/mol. The highest BCUT2D eigenvalue weighted by atomic mass is 35.5. The molecular weight excluding hydrogens is 444 g/mol. The molecule has 5 nitrogen and oxygen atoms in total. The number of hydrogen-bond acceptors (Lipinski definition) is 5. The van der Waals surface area contributed by atoms with Crippen LogP contribution in [-0.4, -0.2) is 18.4 Å². The van der Waals surface area contributed by atoms with Crippen LogP contribution < -0.4 is 20.1 Å². The van der Waals surface area contributed by atoms with Crippen molar-refractivity contribution in [3.05, 3.63) is 69.1 Å². The van der Waals surface area contributed by atoms with Crippen LogP contribution in [0.25, 0.3) is 0 Å². The smallest absolute Gasteiger partial charge is 0.231 e. The Kier molecular flexibility index (Phi) is 6.10. The summed E-state index contributed by atoms with van der Waals surface area (Å²) in [6.45, 7) is 2.72. The van der Waals surface area contributed by atoms with E-state index in [2.05, 4.69) is 17.6 Å². The third-order valence-electron chi connectivity index (χ3n) is 6.47. The number of methoxy groups -OCH3 is 1. The van der Waals surface area contributed by atoms with Crippen LogP contribution >= 0.6 is 23.4 Å². The van der Waals surface area contributed by atoms with E-state index in [-0.39, 0.29) is 23.4 Å². The zero-order chi connectivity index (χ0) is 22.2. The summed E-state index contributed by atoms with van der Waals surface area (Å²) in [6.07, 6.45) is 3.06. The number of fused-ring (bicyclic) bond motifs is 2. The fourth-order valence-electron chi connectivity index (χ4n) is 4.72. The molecule has 32 heavy (non-hydrogen) atoms. The number of benzene rings is 2. The van der Waals surface area contributed by atoms with Crippen LogP contribution in [0.5, 0.6) is 11.5 Å². The van der Waals surface area contributed by atoms with Gasteiger partial charge in [-0.2, -0.15) is 0 Å². The molecule has 0 radical (unpaired) electrons. The highest BCUT2D eigenvalue weighted by Gasteiger charge is 2.46. The Morgan fingerprint density at radius 2 is 1.97 bits per heavy atom. The molecule has 2 heterocycles. The van der Waals surface area contributed by atoms with Crippen LogP contribution in [0, 0.1) is 11.8 Å². The average molecular weight is 471 g/mol. The maximum absolute atomic E-state index is 13.0. The molecule has 5 rings (SSSR count). The van der Waals surface area contributed by atoms with Gasteiger partial charge in [0.15, 0.2) is 11.5 Å². The zero-order valence-corrected chi connectivity index (χ0v) is 19.8. The number of nitrogens with one attached hydrogen (secondary N) is 2. The first-order valence-electron chi connectivity index (χ1n) is 11.0. The van der Waals surface area contributed by atoms with Gasteiger partial charge in [-0.05, 0) is 71.1 Å².